The maximum absolute atomic E-state index is 12.9. The minimum Gasteiger partial charge on any atom is -0.493 e. The van der Waals surface area contributed by atoms with Gasteiger partial charge in [-0.25, -0.2) is 0 Å². The van der Waals surface area contributed by atoms with Gasteiger partial charge in [-0.3, -0.25) is 9.59 Å². The van der Waals surface area contributed by atoms with E-state index >= 15 is 0 Å². The van der Waals surface area contributed by atoms with Crippen LogP contribution in [0.15, 0.2) is 22.7 Å². The summed E-state index contributed by atoms with van der Waals surface area (Å²) in [6.45, 7) is 3.40. The third-order valence-electron chi connectivity index (χ3n) is 4.61. The number of rotatable bonds is 5. The van der Waals surface area contributed by atoms with Crippen molar-refractivity contribution in [2.75, 3.05) is 47.5 Å². The second-order valence-corrected chi connectivity index (χ2v) is 6.32. The molecule has 0 bridgehead atoms. The summed E-state index contributed by atoms with van der Waals surface area (Å²) < 4.78 is 20.9. The van der Waals surface area contributed by atoms with Crippen LogP contribution in [-0.2, 0) is 0 Å². The first-order valence-electron chi connectivity index (χ1n) is 8.80. The van der Waals surface area contributed by atoms with Crippen molar-refractivity contribution in [2.45, 2.75) is 6.92 Å². The zero-order valence-corrected chi connectivity index (χ0v) is 16.4. The molecule has 9 heteroatoms. The average molecular weight is 389 g/mol. The van der Waals surface area contributed by atoms with E-state index in [2.05, 4.69) is 5.16 Å². The third-order valence-corrected chi connectivity index (χ3v) is 4.61. The highest BCUT2D eigenvalue weighted by molar-refractivity contribution is 5.96. The Morgan fingerprint density at radius 2 is 1.43 bits per heavy atom. The van der Waals surface area contributed by atoms with Gasteiger partial charge in [0.2, 0.25) is 5.75 Å². The van der Waals surface area contributed by atoms with Crippen LogP contribution in [0, 0.1) is 6.92 Å². The van der Waals surface area contributed by atoms with Crippen molar-refractivity contribution in [1.82, 2.24) is 15.0 Å². The topological polar surface area (TPSA) is 94.3 Å². The largest absolute Gasteiger partial charge is 0.493 e. The lowest BCUT2D eigenvalue weighted by Crippen LogP contribution is -2.50. The number of aromatic nitrogens is 1. The summed E-state index contributed by atoms with van der Waals surface area (Å²) in [5, 5.41) is 3.76. The number of hydrogen-bond donors (Lipinski definition) is 0. The van der Waals surface area contributed by atoms with E-state index in [4.69, 9.17) is 18.7 Å². The first-order valence-corrected chi connectivity index (χ1v) is 8.80. The van der Waals surface area contributed by atoms with E-state index in [1.165, 1.54) is 21.3 Å². The molecule has 1 aliphatic rings. The Kier molecular flexibility index (Phi) is 5.72. The van der Waals surface area contributed by atoms with Gasteiger partial charge in [0.15, 0.2) is 17.2 Å². The molecule has 0 spiro atoms. The van der Waals surface area contributed by atoms with E-state index in [9.17, 15) is 9.59 Å². The highest BCUT2D eigenvalue weighted by Gasteiger charge is 2.28. The van der Waals surface area contributed by atoms with Crippen molar-refractivity contribution in [3.8, 4) is 17.2 Å². The molecule has 0 saturated carbocycles. The molecule has 9 nitrogen and oxygen atoms in total. The van der Waals surface area contributed by atoms with Crippen LogP contribution >= 0.6 is 0 Å². The molecule has 1 aliphatic heterocycles. The van der Waals surface area contributed by atoms with Crippen LogP contribution in [0.5, 0.6) is 17.2 Å². The number of carbonyl (C=O) groups is 2. The fourth-order valence-corrected chi connectivity index (χ4v) is 3.13. The van der Waals surface area contributed by atoms with Crippen molar-refractivity contribution in [3.05, 3.63) is 35.2 Å². The first kappa shape index (κ1) is 19.5. The Morgan fingerprint density at radius 3 is 1.86 bits per heavy atom. The van der Waals surface area contributed by atoms with E-state index in [1.807, 2.05) is 0 Å². The predicted molar refractivity (Wildman–Crippen MR) is 99.1 cm³/mol. The lowest BCUT2D eigenvalue weighted by atomic mass is 10.1. The summed E-state index contributed by atoms with van der Waals surface area (Å²) in [6.07, 6.45) is 0. The number of piperazine rings is 1. The Labute approximate surface area is 162 Å². The maximum atomic E-state index is 12.9. The molecule has 0 atom stereocenters. The number of ether oxygens (including phenoxy) is 3. The van der Waals surface area contributed by atoms with Crippen LogP contribution < -0.4 is 14.2 Å². The standard InChI is InChI=1S/C19H23N3O6/c1-12-9-14(20-28-12)19(24)22-7-5-21(6-8-22)18(23)13-10-15(25-2)17(27-4)16(11-13)26-3/h9-11H,5-8H2,1-4H3. The Morgan fingerprint density at radius 1 is 0.893 bits per heavy atom. The van der Waals surface area contributed by atoms with Gasteiger partial charge in [-0.15, -0.1) is 0 Å². The van der Waals surface area contributed by atoms with Crippen molar-refractivity contribution in [2.24, 2.45) is 0 Å². The van der Waals surface area contributed by atoms with Crippen LogP contribution in [0.4, 0.5) is 0 Å². The van der Waals surface area contributed by atoms with Gasteiger partial charge in [0.05, 0.1) is 21.3 Å². The van der Waals surface area contributed by atoms with Crippen LogP contribution in [0.1, 0.15) is 26.6 Å². The van der Waals surface area contributed by atoms with Crippen molar-refractivity contribution < 1.29 is 28.3 Å². The summed E-state index contributed by atoms with van der Waals surface area (Å²) in [5.74, 6) is 1.49. The number of aryl methyl sites for hydroxylation is 1. The quantitative estimate of drug-likeness (QED) is 0.767. The van der Waals surface area contributed by atoms with E-state index in [0.29, 0.717) is 54.8 Å². The highest BCUT2D eigenvalue weighted by atomic mass is 16.5. The van der Waals surface area contributed by atoms with Gasteiger partial charge in [0, 0.05) is 37.8 Å². The lowest BCUT2D eigenvalue weighted by Gasteiger charge is -2.34. The van der Waals surface area contributed by atoms with Gasteiger partial charge in [0.25, 0.3) is 11.8 Å². The molecule has 2 aromatic rings. The molecule has 1 aromatic carbocycles. The third kappa shape index (κ3) is 3.73. The van der Waals surface area contributed by atoms with E-state index < -0.39 is 0 Å². The van der Waals surface area contributed by atoms with Crippen LogP contribution in [0.3, 0.4) is 0 Å². The summed E-state index contributed by atoms with van der Waals surface area (Å²) in [7, 11) is 4.51. The second-order valence-electron chi connectivity index (χ2n) is 6.32. The molecule has 2 heterocycles. The number of hydrogen-bond acceptors (Lipinski definition) is 7. The summed E-state index contributed by atoms with van der Waals surface area (Å²) >= 11 is 0. The zero-order chi connectivity index (χ0) is 20.3. The van der Waals surface area contributed by atoms with E-state index in [0.717, 1.165) is 0 Å². The van der Waals surface area contributed by atoms with Gasteiger partial charge in [-0.2, -0.15) is 0 Å². The molecule has 1 aromatic heterocycles. The molecule has 150 valence electrons. The number of benzene rings is 1. The van der Waals surface area contributed by atoms with E-state index in [1.54, 1.807) is 34.9 Å². The van der Waals surface area contributed by atoms with Crippen LogP contribution in [-0.4, -0.2) is 74.3 Å². The minimum absolute atomic E-state index is 0.163. The maximum Gasteiger partial charge on any atom is 0.276 e. The fourth-order valence-electron chi connectivity index (χ4n) is 3.13. The van der Waals surface area contributed by atoms with Gasteiger partial charge in [0.1, 0.15) is 5.76 Å². The Hall–Kier alpha value is -3.23. The molecule has 3 rings (SSSR count). The monoisotopic (exact) mass is 389 g/mol. The Bertz CT molecular complexity index is 845. The molecular weight excluding hydrogens is 366 g/mol. The van der Waals surface area contributed by atoms with Crippen molar-refractivity contribution in [3.63, 3.8) is 0 Å². The van der Waals surface area contributed by atoms with Crippen LogP contribution in [0.25, 0.3) is 0 Å². The summed E-state index contributed by atoms with van der Waals surface area (Å²) in [4.78, 5) is 28.7. The van der Waals surface area contributed by atoms with Gasteiger partial charge < -0.3 is 28.5 Å². The van der Waals surface area contributed by atoms with Crippen molar-refractivity contribution in [1.29, 1.82) is 0 Å². The molecule has 0 N–H and O–H groups in total. The number of amides is 2. The zero-order valence-electron chi connectivity index (χ0n) is 16.4. The molecule has 28 heavy (non-hydrogen) atoms. The van der Waals surface area contributed by atoms with Crippen molar-refractivity contribution >= 4 is 11.8 Å². The summed E-state index contributed by atoms with van der Waals surface area (Å²) in [6, 6.07) is 4.86. The molecule has 0 radical (unpaired) electrons. The van der Waals surface area contributed by atoms with Gasteiger partial charge in [-0.1, -0.05) is 5.16 Å². The highest BCUT2D eigenvalue weighted by Crippen LogP contribution is 2.38. The molecule has 0 aliphatic carbocycles. The number of carbonyl (C=O) groups excluding carboxylic acids is 2. The average Bonchev–Trinajstić information content (AvgIpc) is 3.17. The second kappa shape index (κ2) is 8.20. The normalized spacial score (nSPS) is 14.0. The minimum atomic E-state index is -0.197. The van der Waals surface area contributed by atoms with Gasteiger partial charge >= 0.3 is 0 Å². The smallest absolute Gasteiger partial charge is 0.276 e. The first-order chi connectivity index (χ1) is 13.5. The summed E-state index contributed by atoms with van der Waals surface area (Å²) in [5.41, 5.74) is 0.711. The molecule has 0 unspecified atom stereocenters. The van der Waals surface area contributed by atoms with E-state index in [-0.39, 0.29) is 17.5 Å². The number of methoxy groups -OCH3 is 3. The molecule has 2 amide bonds. The molecule has 1 fully saturated rings. The SMILES string of the molecule is COc1cc(C(=O)N2CCN(C(=O)c3cc(C)on3)CC2)cc(OC)c1OC. The number of nitrogens with zero attached hydrogens (tertiary/aromatic N) is 3. The Balaban J connectivity index is 1.71. The predicted octanol–water partition coefficient (Wildman–Crippen LogP) is 1.61. The lowest BCUT2D eigenvalue weighted by molar-refractivity contribution is 0.0529. The molecular formula is C19H23N3O6. The van der Waals surface area contributed by atoms with Crippen LogP contribution in [0.2, 0.25) is 0 Å². The fraction of sp³-hybridized carbons (Fsp3) is 0.421. The molecule has 1 saturated heterocycles. The van der Waals surface area contributed by atoms with Gasteiger partial charge in [-0.05, 0) is 19.1 Å².